The van der Waals surface area contributed by atoms with Crippen LogP contribution in [0.5, 0.6) is 5.75 Å². The van der Waals surface area contributed by atoms with Gasteiger partial charge in [-0.2, -0.15) is 5.26 Å². The molecule has 31 heavy (non-hydrogen) atoms. The van der Waals surface area contributed by atoms with Gasteiger partial charge < -0.3 is 10.1 Å². The molecule has 1 N–H and O–H groups in total. The van der Waals surface area contributed by atoms with Gasteiger partial charge in [0.1, 0.15) is 5.69 Å². The van der Waals surface area contributed by atoms with Crippen LogP contribution in [0.2, 0.25) is 0 Å². The first-order valence-electron chi connectivity index (χ1n) is 9.98. The lowest BCUT2D eigenvalue weighted by atomic mass is 10.00. The van der Waals surface area contributed by atoms with Gasteiger partial charge in [0.05, 0.1) is 36.7 Å². The Kier molecular flexibility index (Phi) is 5.91. The third-order valence-electron chi connectivity index (χ3n) is 5.13. The number of fused-ring (bicyclic) bond motifs is 1. The molecule has 5 heteroatoms. The maximum atomic E-state index is 13.6. The maximum absolute atomic E-state index is 13.6. The molecular weight excluding hydrogens is 386 g/mol. The number of aromatic nitrogens is 1. The molecule has 0 bridgehead atoms. The van der Waals surface area contributed by atoms with Gasteiger partial charge in [-0.05, 0) is 11.6 Å². The SMILES string of the molecule is COc1c(-c2ccccc2)nc2ccccc2c1C(=O)NC(CC#N)c1ccccc1. The summed E-state index contributed by atoms with van der Waals surface area (Å²) in [6.07, 6.45) is 0.159. The molecule has 1 heterocycles. The van der Waals surface area contributed by atoms with E-state index in [2.05, 4.69) is 11.4 Å². The molecule has 0 fully saturated rings. The number of pyridine rings is 1. The number of methoxy groups -OCH3 is 1. The van der Waals surface area contributed by atoms with Crippen LogP contribution in [0.25, 0.3) is 22.2 Å². The van der Waals surface area contributed by atoms with Crippen molar-refractivity contribution in [2.45, 2.75) is 12.5 Å². The van der Waals surface area contributed by atoms with Crippen LogP contribution in [0.4, 0.5) is 0 Å². The predicted molar refractivity (Wildman–Crippen MR) is 121 cm³/mol. The fraction of sp³-hybridized carbons (Fsp3) is 0.115. The summed E-state index contributed by atoms with van der Waals surface area (Å²) in [7, 11) is 1.54. The Hall–Kier alpha value is -4.17. The monoisotopic (exact) mass is 407 g/mol. The second-order valence-corrected chi connectivity index (χ2v) is 7.05. The van der Waals surface area contributed by atoms with Gasteiger partial charge in [0, 0.05) is 10.9 Å². The molecule has 0 radical (unpaired) electrons. The third-order valence-corrected chi connectivity index (χ3v) is 5.13. The number of para-hydroxylation sites is 1. The Morgan fingerprint density at radius 2 is 1.65 bits per heavy atom. The van der Waals surface area contributed by atoms with Crippen molar-refractivity contribution >= 4 is 16.8 Å². The van der Waals surface area contributed by atoms with E-state index in [1.54, 1.807) is 7.11 Å². The largest absolute Gasteiger partial charge is 0.494 e. The van der Waals surface area contributed by atoms with Crippen molar-refractivity contribution in [3.8, 4) is 23.1 Å². The summed E-state index contributed by atoms with van der Waals surface area (Å²) >= 11 is 0. The van der Waals surface area contributed by atoms with Crippen LogP contribution in [-0.2, 0) is 0 Å². The van der Waals surface area contributed by atoms with Crippen molar-refractivity contribution in [1.82, 2.24) is 10.3 Å². The minimum atomic E-state index is -0.435. The molecule has 1 atom stereocenters. The zero-order valence-corrected chi connectivity index (χ0v) is 17.1. The summed E-state index contributed by atoms with van der Waals surface area (Å²) < 4.78 is 5.72. The summed E-state index contributed by atoms with van der Waals surface area (Å²) in [6.45, 7) is 0. The minimum absolute atomic E-state index is 0.159. The summed E-state index contributed by atoms with van der Waals surface area (Å²) in [5, 5.41) is 13.0. The van der Waals surface area contributed by atoms with E-state index in [0.717, 1.165) is 11.1 Å². The summed E-state index contributed by atoms with van der Waals surface area (Å²) in [5.41, 5.74) is 3.44. The number of nitrogens with zero attached hydrogens (tertiary/aromatic N) is 2. The number of nitriles is 1. The topological polar surface area (TPSA) is 75.0 Å². The van der Waals surface area contributed by atoms with Gasteiger partial charge in [0.15, 0.2) is 5.75 Å². The number of amides is 1. The Bertz CT molecular complexity index is 1250. The predicted octanol–water partition coefficient (Wildman–Crippen LogP) is 5.30. The lowest BCUT2D eigenvalue weighted by Crippen LogP contribution is -2.29. The van der Waals surface area contributed by atoms with Crippen LogP contribution in [0.15, 0.2) is 84.9 Å². The lowest BCUT2D eigenvalue weighted by Gasteiger charge is -2.20. The first kappa shape index (κ1) is 20.1. The molecule has 152 valence electrons. The van der Waals surface area contributed by atoms with E-state index in [0.29, 0.717) is 27.9 Å². The summed E-state index contributed by atoms with van der Waals surface area (Å²) in [5.74, 6) is 0.0999. The number of ether oxygens (including phenoxy) is 1. The molecule has 4 rings (SSSR count). The normalized spacial score (nSPS) is 11.5. The van der Waals surface area contributed by atoms with Gasteiger partial charge in [0.2, 0.25) is 0 Å². The van der Waals surface area contributed by atoms with E-state index >= 15 is 0 Å². The van der Waals surface area contributed by atoms with Crippen LogP contribution in [0.1, 0.15) is 28.4 Å². The zero-order chi connectivity index (χ0) is 21.6. The first-order valence-corrected chi connectivity index (χ1v) is 9.98. The smallest absolute Gasteiger partial charge is 0.256 e. The number of nitrogens with one attached hydrogen (secondary N) is 1. The van der Waals surface area contributed by atoms with E-state index in [1.807, 2.05) is 84.9 Å². The van der Waals surface area contributed by atoms with Crippen LogP contribution in [0.3, 0.4) is 0 Å². The van der Waals surface area contributed by atoms with Gasteiger partial charge >= 0.3 is 0 Å². The van der Waals surface area contributed by atoms with Gasteiger partial charge in [-0.1, -0.05) is 78.9 Å². The maximum Gasteiger partial charge on any atom is 0.256 e. The van der Waals surface area contributed by atoms with E-state index in [4.69, 9.17) is 9.72 Å². The molecule has 4 aromatic rings. The van der Waals surface area contributed by atoms with E-state index in [9.17, 15) is 10.1 Å². The molecule has 5 nitrogen and oxygen atoms in total. The second kappa shape index (κ2) is 9.10. The molecule has 0 aliphatic rings. The van der Waals surface area contributed by atoms with Gasteiger partial charge in [-0.3, -0.25) is 4.79 Å². The fourth-order valence-electron chi connectivity index (χ4n) is 3.67. The van der Waals surface area contributed by atoms with Crippen LogP contribution >= 0.6 is 0 Å². The number of carbonyl (C=O) groups excluding carboxylic acids is 1. The molecule has 1 amide bonds. The number of rotatable bonds is 6. The van der Waals surface area contributed by atoms with Crippen LogP contribution < -0.4 is 10.1 Å². The highest BCUT2D eigenvalue weighted by atomic mass is 16.5. The van der Waals surface area contributed by atoms with Crippen molar-refractivity contribution in [3.05, 3.63) is 96.1 Å². The second-order valence-electron chi connectivity index (χ2n) is 7.05. The van der Waals surface area contributed by atoms with Crippen molar-refractivity contribution in [2.75, 3.05) is 7.11 Å². The number of carbonyl (C=O) groups is 1. The van der Waals surface area contributed by atoms with Gasteiger partial charge in [-0.25, -0.2) is 4.98 Å². The highest BCUT2D eigenvalue weighted by molar-refractivity contribution is 6.10. The Balaban J connectivity index is 1.85. The van der Waals surface area contributed by atoms with Gasteiger partial charge in [0.25, 0.3) is 5.91 Å². The summed E-state index contributed by atoms with van der Waals surface area (Å²) in [6, 6.07) is 28.4. The number of hydrogen-bond acceptors (Lipinski definition) is 4. The minimum Gasteiger partial charge on any atom is -0.494 e. The zero-order valence-electron chi connectivity index (χ0n) is 17.1. The van der Waals surface area contributed by atoms with E-state index in [1.165, 1.54) is 0 Å². The molecule has 0 spiro atoms. The molecule has 0 aliphatic carbocycles. The highest BCUT2D eigenvalue weighted by Crippen LogP contribution is 2.36. The standard InChI is InChI=1S/C26H21N3O2/c1-31-25-23(26(30)29-21(16-17-27)18-10-4-2-5-11-18)20-14-8-9-15-22(20)28-24(25)19-12-6-3-7-13-19/h2-15,21H,16H2,1H3,(H,29,30). The lowest BCUT2D eigenvalue weighted by molar-refractivity contribution is 0.0936. The van der Waals surface area contributed by atoms with Gasteiger partial charge in [-0.15, -0.1) is 0 Å². The molecule has 0 aliphatic heterocycles. The molecule has 1 unspecified atom stereocenters. The third kappa shape index (κ3) is 4.10. The van der Waals surface area contributed by atoms with E-state index in [-0.39, 0.29) is 12.3 Å². The molecule has 3 aromatic carbocycles. The summed E-state index contributed by atoms with van der Waals surface area (Å²) in [4.78, 5) is 18.3. The quantitative estimate of drug-likeness (QED) is 0.471. The Morgan fingerprint density at radius 1 is 1.00 bits per heavy atom. The molecule has 0 saturated heterocycles. The Morgan fingerprint density at radius 3 is 2.32 bits per heavy atom. The molecular formula is C26H21N3O2. The molecule has 0 saturated carbocycles. The van der Waals surface area contributed by atoms with Crippen molar-refractivity contribution in [1.29, 1.82) is 5.26 Å². The van der Waals surface area contributed by atoms with Crippen molar-refractivity contribution in [3.63, 3.8) is 0 Å². The first-order chi connectivity index (χ1) is 15.2. The van der Waals surface area contributed by atoms with Crippen molar-refractivity contribution < 1.29 is 9.53 Å². The fourth-order valence-corrected chi connectivity index (χ4v) is 3.67. The number of hydrogen-bond donors (Lipinski definition) is 1. The molecule has 1 aromatic heterocycles. The average molecular weight is 407 g/mol. The van der Waals surface area contributed by atoms with Crippen LogP contribution in [0, 0.1) is 11.3 Å². The van der Waals surface area contributed by atoms with E-state index < -0.39 is 6.04 Å². The van der Waals surface area contributed by atoms with Crippen molar-refractivity contribution in [2.24, 2.45) is 0 Å². The number of benzene rings is 3. The Labute approximate surface area is 180 Å². The average Bonchev–Trinajstić information content (AvgIpc) is 2.83. The van der Waals surface area contributed by atoms with Crippen LogP contribution in [-0.4, -0.2) is 18.0 Å². The highest BCUT2D eigenvalue weighted by Gasteiger charge is 2.24.